The van der Waals surface area contributed by atoms with E-state index in [1.165, 1.54) is 24.3 Å². The number of hydrogen-bond donors (Lipinski definition) is 2. The second-order valence-corrected chi connectivity index (χ2v) is 6.13. The lowest BCUT2D eigenvalue weighted by Gasteiger charge is -2.16. The quantitative estimate of drug-likeness (QED) is 0.809. The number of aromatic carboxylic acids is 1. The highest BCUT2D eigenvalue weighted by molar-refractivity contribution is 5.93. The van der Waals surface area contributed by atoms with Gasteiger partial charge in [-0.15, -0.1) is 0 Å². The molecule has 1 aliphatic rings. The van der Waals surface area contributed by atoms with E-state index in [0.29, 0.717) is 34.7 Å². The van der Waals surface area contributed by atoms with Gasteiger partial charge < -0.3 is 20.3 Å². The van der Waals surface area contributed by atoms with E-state index < -0.39 is 11.8 Å². The summed E-state index contributed by atoms with van der Waals surface area (Å²) >= 11 is 0. The van der Waals surface area contributed by atoms with Crippen LogP contribution in [0.2, 0.25) is 0 Å². The van der Waals surface area contributed by atoms with Gasteiger partial charge in [0.1, 0.15) is 18.2 Å². The van der Waals surface area contributed by atoms with Gasteiger partial charge in [0.05, 0.1) is 11.7 Å². The number of nitrogens with two attached hydrogens (primary N) is 1. The van der Waals surface area contributed by atoms with Crippen LogP contribution in [0.1, 0.15) is 28.8 Å². The Bertz CT molecular complexity index is 800. The molecule has 1 fully saturated rings. The highest BCUT2D eigenvalue weighted by Crippen LogP contribution is 2.34. The maximum Gasteiger partial charge on any atom is 0.336 e. The molecule has 0 aromatic heterocycles. The third kappa shape index (κ3) is 3.74. The lowest BCUT2D eigenvalue weighted by molar-refractivity contribution is 0.0681. The van der Waals surface area contributed by atoms with E-state index in [1.54, 1.807) is 13.0 Å². The molecule has 0 saturated carbocycles. The Morgan fingerprint density at radius 2 is 2.20 bits per heavy atom. The van der Waals surface area contributed by atoms with E-state index in [9.17, 15) is 14.3 Å². The number of nitrogen functional groups attached to an aromatic ring is 1. The number of carboxylic acids is 1. The van der Waals surface area contributed by atoms with Gasteiger partial charge >= 0.3 is 5.97 Å². The van der Waals surface area contributed by atoms with E-state index in [0.717, 1.165) is 19.4 Å². The molecule has 25 heavy (non-hydrogen) atoms. The first kappa shape index (κ1) is 17.2. The van der Waals surface area contributed by atoms with Crippen molar-refractivity contribution in [2.75, 3.05) is 18.9 Å². The van der Waals surface area contributed by atoms with Crippen molar-refractivity contribution in [3.8, 4) is 16.9 Å². The SMILES string of the molecule is Cc1c(N)cc(-c2cc(F)ccc2OCC2CCCO2)cc1C(=O)O. The van der Waals surface area contributed by atoms with Crippen LogP contribution in [0.15, 0.2) is 30.3 Å². The zero-order valence-electron chi connectivity index (χ0n) is 13.9. The Morgan fingerprint density at radius 1 is 1.40 bits per heavy atom. The Hall–Kier alpha value is -2.60. The van der Waals surface area contributed by atoms with Crippen LogP contribution in [0.5, 0.6) is 5.75 Å². The number of carboxylic acid groups (broad SMARTS) is 1. The molecule has 2 aromatic rings. The number of anilines is 1. The predicted octanol–water partition coefficient (Wildman–Crippen LogP) is 3.64. The van der Waals surface area contributed by atoms with Gasteiger partial charge in [-0.05, 0) is 61.2 Å². The van der Waals surface area contributed by atoms with Crippen molar-refractivity contribution in [2.24, 2.45) is 0 Å². The number of carbonyl (C=O) groups is 1. The topological polar surface area (TPSA) is 81.8 Å². The van der Waals surface area contributed by atoms with Gasteiger partial charge in [-0.3, -0.25) is 0 Å². The van der Waals surface area contributed by atoms with Gasteiger partial charge in [0.2, 0.25) is 0 Å². The Kier molecular flexibility index (Phi) is 4.90. The second-order valence-electron chi connectivity index (χ2n) is 6.13. The van der Waals surface area contributed by atoms with Crippen LogP contribution in [0, 0.1) is 12.7 Å². The number of benzene rings is 2. The first-order valence-electron chi connectivity index (χ1n) is 8.13. The fourth-order valence-electron chi connectivity index (χ4n) is 2.93. The molecular formula is C19H20FNO4. The fourth-order valence-corrected chi connectivity index (χ4v) is 2.93. The summed E-state index contributed by atoms with van der Waals surface area (Å²) in [5.74, 6) is -1.05. The minimum Gasteiger partial charge on any atom is -0.490 e. The van der Waals surface area contributed by atoms with E-state index in [-0.39, 0.29) is 11.7 Å². The summed E-state index contributed by atoms with van der Waals surface area (Å²) in [6.45, 7) is 2.73. The summed E-state index contributed by atoms with van der Waals surface area (Å²) in [6.07, 6.45) is 1.95. The summed E-state index contributed by atoms with van der Waals surface area (Å²) < 4.78 is 25.1. The highest BCUT2D eigenvalue weighted by atomic mass is 19.1. The Labute approximate surface area is 145 Å². The molecule has 0 bridgehead atoms. The molecule has 2 aromatic carbocycles. The molecule has 132 valence electrons. The fraction of sp³-hybridized carbons (Fsp3) is 0.316. The number of ether oxygens (including phenoxy) is 2. The van der Waals surface area contributed by atoms with E-state index in [2.05, 4.69) is 0 Å². The third-order valence-electron chi connectivity index (χ3n) is 4.38. The Balaban J connectivity index is 1.98. The second kappa shape index (κ2) is 7.11. The van der Waals surface area contributed by atoms with Crippen molar-refractivity contribution >= 4 is 11.7 Å². The first-order valence-corrected chi connectivity index (χ1v) is 8.13. The lowest BCUT2D eigenvalue weighted by atomic mass is 9.97. The molecule has 3 rings (SSSR count). The van der Waals surface area contributed by atoms with Crippen LogP contribution in [0.4, 0.5) is 10.1 Å². The maximum atomic E-state index is 13.8. The molecule has 3 N–H and O–H groups in total. The molecule has 1 heterocycles. The van der Waals surface area contributed by atoms with Crippen LogP contribution in [0.3, 0.4) is 0 Å². The summed E-state index contributed by atoms with van der Waals surface area (Å²) in [5.41, 5.74) is 7.81. The van der Waals surface area contributed by atoms with E-state index >= 15 is 0 Å². The minimum absolute atomic E-state index is 0.0237. The Morgan fingerprint density at radius 3 is 2.88 bits per heavy atom. The molecule has 1 aliphatic heterocycles. The van der Waals surface area contributed by atoms with E-state index in [4.69, 9.17) is 15.2 Å². The molecule has 1 unspecified atom stereocenters. The molecule has 1 atom stereocenters. The molecule has 0 spiro atoms. The van der Waals surface area contributed by atoms with Gasteiger partial charge in [0.25, 0.3) is 0 Å². The van der Waals surface area contributed by atoms with Crippen LogP contribution >= 0.6 is 0 Å². The summed E-state index contributed by atoms with van der Waals surface area (Å²) in [7, 11) is 0. The van der Waals surface area contributed by atoms with Crippen LogP contribution in [-0.2, 0) is 4.74 Å². The van der Waals surface area contributed by atoms with Gasteiger partial charge in [-0.1, -0.05) is 0 Å². The molecule has 0 amide bonds. The zero-order chi connectivity index (χ0) is 18.0. The molecule has 5 nitrogen and oxygen atoms in total. The molecule has 6 heteroatoms. The lowest BCUT2D eigenvalue weighted by Crippen LogP contribution is -2.16. The largest absolute Gasteiger partial charge is 0.490 e. The van der Waals surface area contributed by atoms with Crippen molar-refractivity contribution in [1.29, 1.82) is 0 Å². The van der Waals surface area contributed by atoms with Crippen molar-refractivity contribution < 1.29 is 23.8 Å². The standard InChI is InChI=1S/C19H20FNO4/c1-11-15(19(22)23)7-12(8-17(11)21)16-9-13(20)4-5-18(16)25-10-14-3-2-6-24-14/h4-5,7-9,14H,2-3,6,10,21H2,1H3,(H,22,23). The maximum absolute atomic E-state index is 13.8. The monoisotopic (exact) mass is 345 g/mol. The average molecular weight is 345 g/mol. The highest BCUT2D eigenvalue weighted by Gasteiger charge is 2.19. The number of halogens is 1. The summed E-state index contributed by atoms with van der Waals surface area (Å²) in [4.78, 5) is 11.4. The smallest absolute Gasteiger partial charge is 0.336 e. The van der Waals surface area contributed by atoms with Gasteiger partial charge in [-0.2, -0.15) is 0 Å². The first-order chi connectivity index (χ1) is 12.0. The molecule has 1 saturated heterocycles. The zero-order valence-corrected chi connectivity index (χ0v) is 13.9. The van der Waals surface area contributed by atoms with Crippen LogP contribution in [0.25, 0.3) is 11.1 Å². The average Bonchev–Trinajstić information content (AvgIpc) is 3.09. The molecule has 0 aliphatic carbocycles. The minimum atomic E-state index is -1.08. The summed E-state index contributed by atoms with van der Waals surface area (Å²) in [5, 5.41) is 9.35. The van der Waals surface area contributed by atoms with Crippen LogP contribution in [-0.4, -0.2) is 30.4 Å². The normalized spacial score (nSPS) is 16.8. The third-order valence-corrected chi connectivity index (χ3v) is 4.38. The number of hydrogen-bond acceptors (Lipinski definition) is 4. The van der Waals surface area contributed by atoms with Crippen LogP contribution < -0.4 is 10.5 Å². The van der Waals surface area contributed by atoms with Crippen molar-refractivity contribution in [1.82, 2.24) is 0 Å². The molecule has 0 radical (unpaired) electrons. The van der Waals surface area contributed by atoms with E-state index in [1.807, 2.05) is 0 Å². The molecular weight excluding hydrogens is 325 g/mol. The van der Waals surface area contributed by atoms with Gasteiger partial charge in [0.15, 0.2) is 0 Å². The summed E-state index contributed by atoms with van der Waals surface area (Å²) in [6, 6.07) is 7.29. The predicted molar refractivity (Wildman–Crippen MR) is 92.4 cm³/mol. The van der Waals surface area contributed by atoms with Gasteiger partial charge in [0, 0.05) is 17.9 Å². The van der Waals surface area contributed by atoms with Crippen molar-refractivity contribution in [3.05, 3.63) is 47.3 Å². The van der Waals surface area contributed by atoms with Gasteiger partial charge in [-0.25, -0.2) is 9.18 Å². The van der Waals surface area contributed by atoms with Crippen molar-refractivity contribution in [2.45, 2.75) is 25.9 Å². The number of rotatable bonds is 5. The van der Waals surface area contributed by atoms with Crippen molar-refractivity contribution in [3.63, 3.8) is 0 Å².